The molecule has 0 amide bonds. The molecule has 3 heterocycles. The number of nitrogens with zero attached hydrogens (tertiary/aromatic N) is 3. The molecule has 1 aromatic carbocycles. The molecule has 4 N–H and O–H groups in total. The molecule has 198 valence electrons. The molecule has 12 nitrogen and oxygen atoms in total. The van der Waals surface area contributed by atoms with E-state index in [1.54, 1.807) is 12.4 Å². The summed E-state index contributed by atoms with van der Waals surface area (Å²) in [5.41, 5.74) is 0.395. The van der Waals surface area contributed by atoms with Gasteiger partial charge >= 0.3 is 17.9 Å². The number of likely N-dealkylation sites (tertiary alicyclic amines) is 1. The summed E-state index contributed by atoms with van der Waals surface area (Å²) in [4.78, 5) is 41.8. The van der Waals surface area contributed by atoms with Crippen LogP contribution in [0.1, 0.15) is 36.8 Å². The second-order valence-corrected chi connectivity index (χ2v) is 8.66. The minimum Gasteiger partial charge on any atom is -0.481 e. The number of aliphatic carboxylic acids is 3. The van der Waals surface area contributed by atoms with Crippen molar-refractivity contribution in [3.8, 4) is 11.5 Å². The maximum absolute atomic E-state index is 10.3. The minimum absolute atomic E-state index is 0.288. The van der Waals surface area contributed by atoms with Crippen molar-refractivity contribution in [1.82, 2.24) is 9.88 Å². The Bertz CT molecular complexity index is 1120. The fraction of sp³-hybridized carbons (Fsp3) is 0.400. The van der Waals surface area contributed by atoms with E-state index in [1.807, 2.05) is 24.4 Å². The first kappa shape index (κ1) is 27.6. The molecular formula is C25H29N3O9. The summed E-state index contributed by atoms with van der Waals surface area (Å²) in [5, 5.41) is 33.8. The number of hydrogen-bond acceptors (Lipinski definition) is 9. The first-order valence-electron chi connectivity index (χ1n) is 11.6. The molecule has 2 aromatic rings. The number of fused-ring (bicyclic) bond motifs is 1. The van der Waals surface area contributed by atoms with Crippen molar-refractivity contribution in [2.75, 3.05) is 26.4 Å². The van der Waals surface area contributed by atoms with E-state index in [-0.39, 0.29) is 6.79 Å². The first-order valence-corrected chi connectivity index (χ1v) is 11.6. The van der Waals surface area contributed by atoms with E-state index in [4.69, 9.17) is 29.9 Å². The van der Waals surface area contributed by atoms with Crippen molar-refractivity contribution in [2.24, 2.45) is 4.99 Å². The summed E-state index contributed by atoms with van der Waals surface area (Å²) < 4.78 is 11.0. The molecule has 12 heteroatoms. The number of ether oxygens (including phenoxy) is 2. The van der Waals surface area contributed by atoms with Crippen molar-refractivity contribution < 1.29 is 44.3 Å². The monoisotopic (exact) mass is 515 g/mol. The minimum atomic E-state index is -2.74. The number of hydrogen-bond donors (Lipinski definition) is 4. The summed E-state index contributed by atoms with van der Waals surface area (Å²) in [5.74, 6) is -3.42. The molecule has 2 aliphatic heterocycles. The molecule has 1 saturated heterocycles. The Labute approximate surface area is 212 Å². The van der Waals surface area contributed by atoms with Crippen LogP contribution >= 0.6 is 0 Å². The predicted molar refractivity (Wildman–Crippen MR) is 131 cm³/mol. The lowest BCUT2D eigenvalue weighted by atomic mass is 9.96. The van der Waals surface area contributed by atoms with Crippen LogP contribution in [0, 0.1) is 0 Å². The van der Waals surface area contributed by atoms with E-state index in [1.165, 1.54) is 31.5 Å². The zero-order valence-corrected chi connectivity index (χ0v) is 20.1. The van der Waals surface area contributed by atoms with E-state index in [0.717, 1.165) is 35.7 Å². The quantitative estimate of drug-likeness (QED) is 0.340. The molecule has 1 aromatic heterocycles. The van der Waals surface area contributed by atoms with Crippen LogP contribution in [0.3, 0.4) is 0 Å². The third kappa shape index (κ3) is 8.26. The van der Waals surface area contributed by atoms with Crippen LogP contribution in [-0.2, 0) is 20.8 Å². The van der Waals surface area contributed by atoms with E-state index in [9.17, 15) is 14.4 Å². The van der Waals surface area contributed by atoms with Gasteiger partial charge in [0.1, 0.15) is 0 Å². The molecule has 0 unspecified atom stereocenters. The summed E-state index contributed by atoms with van der Waals surface area (Å²) in [6.45, 7) is 3.77. The predicted octanol–water partition coefficient (Wildman–Crippen LogP) is 1.95. The third-order valence-corrected chi connectivity index (χ3v) is 5.79. The summed E-state index contributed by atoms with van der Waals surface area (Å²) >= 11 is 0. The Hall–Kier alpha value is -4.03. The molecule has 0 radical (unpaired) electrons. The summed E-state index contributed by atoms with van der Waals surface area (Å²) in [6, 6.07) is 7.96. The normalized spacial score (nSPS) is 14.8. The smallest absolute Gasteiger partial charge is 0.336 e. The van der Waals surface area contributed by atoms with Crippen molar-refractivity contribution in [1.29, 1.82) is 0 Å². The van der Waals surface area contributed by atoms with E-state index in [0.29, 0.717) is 0 Å². The van der Waals surface area contributed by atoms with Gasteiger partial charge in [-0.25, -0.2) is 4.79 Å². The Kier molecular flexibility index (Phi) is 9.52. The van der Waals surface area contributed by atoms with Gasteiger partial charge in [-0.15, -0.1) is 0 Å². The highest BCUT2D eigenvalue weighted by molar-refractivity contribution is 5.88. The van der Waals surface area contributed by atoms with Crippen LogP contribution in [-0.4, -0.2) is 86.5 Å². The van der Waals surface area contributed by atoms with Crippen molar-refractivity contribution >= 4 is 29.8 Å². The van der Waals surface area contributed by atoms with Gasteiger partial charge in [-0.2, -0.15) is 0 Å². The molecule has 0 atom stereocenters. The third-order valence-electron chi connectivity index (χ3n) is 5.79. The van der Waals surface area contributed by atoms with Gasteiger partial charge in [0.05, 0.1) is 18.5 Å². The molecule has 2 aliphatic rings. The van der Waals surface area contributed by atoms with Crippen molar-refractivity contribution in [3.63, 3.8) is 0 Å². The summed E-state index contributed by atoms with van der Waals surface area (Å²) in [6.07, 6.45) is 6.73. The van der Waals surface area contributed by atoms with Crippen LogP contribution in [0.2, 0.25) is 0 Å². The van der Waals surface area contributed by atoms with Gasteiger partial charge in [-0.3, -0.25) is 19.6 Å². The number of carbonyl (C=O) groups is 3. The van der Waals surface area contributed by atoms with Gasteiger partial charge in [0.15, 0.2) is 17.1 Å². The molecule has 0 bridgehead atoms. The van der Waals surface area contributed by atoms with Crippen molar-refractivity contribution in [3.05, 3.63) is 47.8 Å². The second-order valence-electron chi connectivity index (χ2n) is 8.66. The van der Waals surface area contributed by atoms with Crippen LogP contribution in [0.25, 0.3) is 0 Å². The average Bonchev–Trinajstić information content (AvgIpc) is 3.52. The largest absolute Gasteiger partial charge is 0.481 e. The van der Waals surface area contributed by atoms with E-state index in [2.05, 4.69) is 20.9 Å². The average molecular weight is 516 g/mol. The number of aliphatic hydroxyl groups is 1. The van der Waals surface area contributed by atoms with Gasteiger partial charge in [0.25, 0.3) is 0 Å². The Morgan fingerprint density at radius 1 is 1.05 bits per heavy atom. The fourth-order valence-electron chi connectivity index (χ4n) is 3.89. The van der Waals surface area contributed by atoms with E-state index < -0.39 is 36.4 Å². The fourth-order valence-corrected chi connectivity index (χ4v) is 3.89. The molecule has 4 rings (SSSR count). The molecule has 0 saturated carbocycles. The standard InChI is InChI=1S/C19H21N3O2.C6H8O7/c1-2-8-22(7-1)9-5-16-10-18-19(24-14-23-18)11-17(16)21-13-15-4-3-6-20-12-15;7-3(8)1-6(13,5(11)12)2-4(9)10/h3-4,6,10-13H,1-2,5,7-9,14H2;13H,1-2H2,(H,7,8)(H,9,10)(H,11,12). The maximum Gasteiger partial charge on any atom is 0.336 e. The molecule has 37 heavy (non-hydrogen) atoms. The van der Waals surface area contributed by atoms with Gasteiger partial charge in [0.2, 0.25) is 6.79 Å². The molecular weight excluding hydrogens is 486 g/mol. The van der Waals surface area contributed by atoms with Crippen LogP contribution in [0.5, 0.6) is 11.5 Å². The Morgan fingerprint density at radius 2 is 1.70 bits per heavy atom. The van der Waals surface area contributed by atoms with Crippen molar-refractivity contribution in [2.45, 2.75) is 37.7 Å². The topological polar surface area (TPSA) is 179 Å². The number of rotatable bonds is 10. The Balaban J connectivity index is 0.000000251. The van der Waals surface area contributed by atoms with Gasteiger partial charge in [-0.1, -0.05) is 6.07 Å². The van der Waals surface area contributed by atoms with Crippen LogP contribution in [0.15, 0.2) is 41.7 Å². The number of pyridine rings is 1. The lowest BCUT2D eigenvalue weighted by Crippen LogP contribution is -2.42. The van der Waals surface area contributed by atoms with Gasteiger partial charge in [-0.05, 0) is 50.0 Å². The number of aromatic nitrogens is 1. The number of carboxylic acid groups (broad SMARTS) is 3. The van der Waals surface area contributed by atoms with Crippen LogP contribution < -0.4 is 9.47 Å². The van der Waals surface area contributed by atoms with Gasteiger partial charge < -0.3 is 34.8 Å². The highest BCUT2D eigenvalue weighted by Crippen LogP contribution is 2.38. The molecule has 0 spiro atoms. The van der Waals surface area contributed by atoms with Crippen LogP contribution in [0.4, 0.5) is 5.69 Å². The van der Waals surface area contributed by atoms with E-state index >= 15 is 0 Å². The van der Waals surface area contributed by atoms with Gasteiger partial charge in [0, 0.05) is 36.8 Å². The lowest BCUT2D eigenvalue weighted by molar-refractivity contribution is -0.170. The zero-order chi connectivity index (χ0) is 26.8. The molecule has 1 fully saturated rings. The number of aliphatic imine (C=N–C) groups is 1. The Morgan fingerprint density at radius 3 is 2.27 bits per heavy atom. The highest BCUT2D eigenvalue weighted by Gasteiger charge is 2.40. The SMILES string of the molecule is C(=Nc1cc2c(cc1CCN1CCCC1)OCO2)c1cccnc1.O=C(O)CC(O)(CC(=O)O)C(=O)O. The molecule has 0 aliphatic carbocycles. The first-order chi connectivity index (χ1) is 17.7. The summed E-state index contributed by atoms with van der Waals surface area (Å²) in [7, 11) is 0. The number of benzene rings is 1. The number of carboxylic acids is 3. The highest BCUT2D eigenvalue weighted by atomic mass is 16.7. The zero-order valence-electron chi connectivity index (χ0n) is 20.1. The maximum atomic E-state index is 10.3. The second kappa shape index (κ2) is 12.8. The lowest BCUT2D eigenvalue weighted by Gasteiger charge is -2.18.